The van der Waals surface area contributed by atoms with Crippen LogP contribution >= 0.6 is 23.8 Å². The maximum absolute atomic E-state index is 6.07. The molecule has 0 aliphatic heterocycles. The van der Waals surface area contributed by atoms with E-state index in [-0.39, 0.29) is 0 Å². The monoisotopic (exact) mass is 308 g/mol. The Morgan fingerprint density at radius 3 is 2.80 bits per heavy atom. The highest BCUT2D eigenvalue weighted by Crippen LogP contribution is 2.20. The Bertz CT molecular complexity index is 609. The van der Waals surface area contributed by atoms with E-state index in [1.807, 2.05) is 35.1 Å². The van der Waals surface area contributed by atoms with Crippen molar-refractivity contribution in [3.05, 3.63) is 46.7 Å². The van der Waals surface area contributed by atoms with E-state index in [0.29, 0.717) is 16.7 Å². The highest BCUT2D eigenvalue weighted by Gasteiger charge is 2.06. The largest absolute Gasteiger partial charge is 0.358 e. The Morgan fingerprint density at radius 2 is 2.15 bits per heavy atom. The molecule has 0 radical (unpaired) electrons. The summed E-state index contributed by atoms with van der Waals surface area (Å²) in [5.74, 6) is 0. The van der Waals surface area contributed by atoms with E-state index in [1.54, 1.807) is 0 Å². The normalized spacial score (nSPS) is 10.3. The summed E-state index contributed by atoms with van der Waals surface area (Å²) < 4.78 is 1.96. The lowest BCUT2D eigenvalue weighted by atomic mass is 10.2. The first-order chi connectivity index (χ1) is 9.61. The van der Waals surface area contributed by atoms with E-state index in [9.17, 15) is 0 Å². The van der Waals surface area contributed by atoms with Gasteiger partial charge in [0.15, 0.2) is 5.11 Å². The summed E-state index contributed by atoms with van der Waals surface area (Å²) in [6, 6.07) is 7.50. The van der Waals surface area contributed by atoms with Crippen molar-refractivity contribution < 1.29 is 0 Å². The van der Waals surface area contributed by atoms with Gasteiger partial charge >= 0.3 is 0 Å². The first-order valence-electron chi connectivity index (χ1n) is 6.42. The summed E-state index contributed by atoms with van der Waals surface area (Å²) in [5, 5.41) is 11.7. The minimum atomic E-state index is 0.543. The van der Waals surface area contributed by atoms with Crippen molar-refractivity contribution in [1.29, 1.82) is 0 Å². The fourth-order valence-corrected chi connectivity index (χ4v) is 2.25. The highest BCUT2D eigenvalue weighted by atomic mass is 35.5. The number of para-hydroxylation sites is 1. The number of anilines is 1. The van der Waals surface area contributed by atoms with Crippen molar-refractivity contribution in [3.63, 3.8) is 0 Å². The number of nitrogens with zero attached hydrogens (tertiary/aromatic N) is 2. The molecule has 0 atom stereocenters. The average molecular weight is 309 g/mol. The van der Waals surface area contributed by atoms with Gasteiger partial charge in [-0.25, -0.2) is 0 Å². The lowest BCUT2D eigenvalue weighted by Crippen LogP contribution is -2.28. The second-order valence-corrected chi connectivity index (χ2v) is 5.17. The second-order valence-electron chi connectivity index (χ2n) is 4.36. The number of rotatable bonds is 4. The number of halogens is 1. The van der Waals surface area contributed by atoms with E-state index >= 15 is 0 Å². The van der Waals surface area contributed by atoms with Crippen LogP contribution in [-0.2, 0) is 13.1 Å². The molecule has 20 heavy (non-hydrogen) atoms. The molecule has 1 aromatic carbocycles. The fraction of sp³-hybridized carbons (Fsp3) is 0.286. The van der Waals surface area contributed by atoms with E-state index in [2.05, 4.69) is 29.6 Å². The van der Waals surface area contributed by atoms with Crippen LogP contribution in [-0.4, -0.2) is 14.9 Å². The van der Waals surface area contributed by atoms with Gasteiger partial charge in [0, 0.05) is 24.3 Å². The zero-order valence-electron chi connectivity index (χ0n) is 11.5. The van der Waals surface area contributed by atoms with Crippen LogP contribution in [0.4, 0.5) is 5.69 Å². The molecule has 2 aromatic rings. The third-order valence-electron chi connectivity index (χ3n) is 3.07. The SMILES string of the molecule is CCn1ncc(CNC(=S)Nc2ccccc2Cl)c1C. The van der Waals surface area contributed by atoms with Crippen LogP contribution in [0.3, 0.4) is 0 Å². The molecule has 0 spiro atoms. The lowest BCUT2D eigenvalue weighted by Gasteiger charge is -2.11. The van der Waals surface area contributed by atoms with Crippen LogP contribution < -0.4 is 10.6 Å². The van der Waals surface area contributed by atoms with E-state index in [1.165, 1.54) is 0 Å². The summed E-state index contributed by atoms with van der Waals surface area (Å²) in [4.78, 5) is 0. The van der Waals surface area contributed by atoms with Gasteiger partial charge < -0.3 is 10.6 Å². The van der Waals surface area contributed by atoms with Crippen LogP contribution in [0.15, 0.2) is 30.5 Å². The zero-order chi connectivity index (χ0) is 14.5. The average Bonchev–Trinajstić information content (AvgIpc) is 2.79. The minimum Gasteiger partial charge on any atom is -0.358 e. The van der Waals surface area contributed by atoms with Crippen molar-refractivity contribution in [2.75, 3.05) is 5.32 Å². The number of thiocarbonyl (C=S) groups is 1. The van der Waals surface area contributed by atoms with Crippen LogP contribution in [0, 0.1) is 6.92 Å². The molecule has 0 aliphatic carbocycles. The summed E-state index contributed by atoms with van der Waals surface area (Å²) in [6.07, 6.45) is 1.87. The number of benzene rings is 1. The molecule has 106 valence electrons. The molecule has 2 N–H and O–H groups in total. The molecule has 0 bridgehead atoms. The summed E-state index contributed by atoms with van der Waals surface area (Å²) in [7, 11) is 0. The predicted octanol–water partition coefficient (Wildman–Crippen LogP) is 3.35. The molecule has 1 heterocycles. The number of aromatic nitrogens is 2. The molecular weight excluding hydrogens is 292 g/mol. The number of aryl methyl sites for hydroxylation is 1. The quantitative estimate of drug-likeness (QED) is 0.850. The summed E-state index contributed by atoms with van der Waals surface area (Å²) in [6.45, 7) is 5.63. The van der Waals surface area contributed by atoms with Crippen LogP contribution in [0.1, 0.15) is 18.2 Å². The first-order valence-corrected chi connectivity index (χ1v) is 7.21. The fourth-order valence-electron chi connectivity index (χ4n) is 1.88. The topological polar surface area (TPSA) is 41.9 Å². The molecule has 0 aliphatic rings. The van der Waals surface area contributed by atoms with Gasteiger partial charge in [0.05, 0.1) is 16.9 Å². The molecule has 0 saturated carbocycles. The maximum atomic E-state index is 6.07. The van der Waals surface area contributed by atoms with Gasteiger partial charge in [-0.15, -0.1) is 0 Å². The Morgan fingerprint density at radius 1 is 1.40 bits per heavy atom. The molecule has 0 amide bonds. The first kappa shape index (κ1) is 14.8. The van der Waals surface area contributed by atoms with Gasteiger partial charge in [-0.3, -0.25) is 4.68 Å². The van der Waals surface area contributed by atoms with Crippen molar-refractivity contribution in [2.45, 2.75) is 26.9 Å². The minimum absolute atomic E-state index is 0.543. The van der Waals surface area contributed by atoms with E-state index in [0.717, 1.165) is 23.5 Å². The molecule has 0 unspecified atom stereocenters. The summed E-state index contributed by atoms with van der Waals surface area (Å²) >= 11 is 11.3. The van der Waals surface area contributed by atoms with Gasteiger partial charge in [-0.2, -0.15) is 5.10 Å². The molecule has 2 rings (SSSR count). The van der Waals surface area contributed by atoms with Crippen molar-refractivity contribution >= 4 is 34.6 Å². The van der Waals surface area contributed by atoms with Crippen LogP contribution in [0.25, 0.3) is 0 Å². The summed E-state index contributed by atoms with van der Waals surface area (Å²) in [5.41, 5.74) is 3.09. The Balaban J connectivity index is 1.92. The van der Waals surface area contributed by atoms with Gasteiger partial charge in [0.1, 0.15) is 0 Å². The van der Waals surface area contributed by atoms with Crippen molar-refractivity contribution in [1.82, 2.24) is 15.1 Å². The molecule has 0 fully saturated rings. The Labute approximate surface area is 129 Å². The van der Waals surface area contributed by atoms with E-state index in [4.69, 9.17) is 23.8 Å². The number of hydrogen-bond acceptors (Lipinski definition) is 2. The Kier molecular flexibility index (Phi) is 4.98. The molecule has 0 saturated heterocycles. The third-order valence-corrected chi connectivity index (χ3v) is 3.64. The van der Waals surface area contributed by atoms with Gasteiger partial charge in [0.25, 0.3) is 0 Å². The van der Waals surface area contributed by atoms with Gasteiger partial charge in [-0.1, -0.05) is 23.7 Å². The van der Waals surface area contributed by atoms with Gasteiger partial charge in [-0.05, 0) is 38.2 Å². The lowest BCUT2D eigenvalue weighted by molar-refractivity contribution is 0.638. The standard InChI is InChI=1S/C14H17ClN4S/c1-3-19-10(2)11(9-17-19)8-16-14(20)18-13-7-5-4-6-12(13)15/h4-7,9H,3,8H2,1-2H3,(H2,16,18,20). The molecule has 1 aromatic heterocycles. The molecule has 6 heteroatoms. The zero-order valence-corrected chi connectivity index (χ0v) is 13.1. The number of nitrogens with one attached hydrogen (secondary N) is 2. The highest BCUT2D eigenvalue weighted by molar-refractivity contribution is 7.80. The van der Waals surface area contributed by atoms with E-state index < -0.39 is 0 Å². The van der Waals surface area contributed by atoms with Crippen LogP contribution in [0.2, 0.25) is 5.02 Å². The van der Waals surface area contributed by atoms with Crippen molar-refractivity contribution in [3.8, 4) is 0 Å². The third kappa shape index (κ3) is 3.49. The van der Waals surface area contributed by atoms with Gasteiger partial charge in [0.2, 0.25) is 0 Å². The smallest absolute Gasteiger partial charge is 0.171 e. The maximum Gasteiger partial charge on any atom is 0.171 e. The number of hydrogen-bond donors (Lipinski definition) is 2. The second kappa shape index (κ2) is 6.72. The molecule has 4 nitrogen and oxygen atoms in total. The van der Waals surface area contributed by atoms with Crippen LogP contribution in [0.5, 0.6) is 0 Å². The predicted molar refractivity (Wildman–Crippen MR) is 87.2 cm³/mol. The van der Waals surface area contributed by atoms with Crippen molar-refractivity contribution in [2.24, 2.45) is 0 Å². The molecular formula is C14H17ClN4S. The Hall–Kier alpha value is -1.59.